The molecule has 14 heteroatoms. The molecule has 4 aromatic rings. The second-order valence-electron chi connectivity index (χ2n) is 6.25. The number of carboxylic acids is 1. The quantitative estimate of drug-likeness (QED) is 0.322. The van der Waals surface area contributed by atoms with Gasteiger partial charge in [0.25, 0.3) is 0 Å². The van der Waals surface area contributed by atoms with Crippen LogP contribution in [0.15, 0.2) is 12.3 Å². The first kappa shape index (κ1) is 22.1. The zero-order valence-electron chi connectivity index (χ0n) is 15.6. The summed E-state index contributed by atoms with van der Waals surface area (Å²) >= 11 is 1.10. The molecular weight excluding hydrogens is 449 g/mol. The third-order valence-electron chi connectivity index (χ3n) is 4.15. The van der Waals surface area contributed by atoms with Gasteiger partial charge < -0.3 is 14.8 Å². The van der Waals surface area contributed by atoms with Crippen molar-refractivity contribution >= 4 is 39.1 Å². The Labute approximate surface area is 172 Å². The summed E-state index contributed by atoms with van der Waals surface area (Å²) in [6.07, 6.45) is -3.45. The number of aromatic amines is 1. The van der Waals surface area contributed by atoms with Crippen molar-refractivity contribution in [1.29, 1.82) is 5.41 Å². The highest BCUT2D eigenvalue weighted by atomic mass is 32.1. The van der Waals surface area contributed by atoms with E-state index in [4.69, 9.17) is 15.3 Å². The van der Waals surface area contributed by atoms with E-state index in [1.807, 2.05) is 0 Å². The first-order valence-corrected chi connectivity index (χ1v) is 9.01. The number of phenols is 1. The molecule has 3 heterocycles. The lowest BCUT2D eigenvalue weighted by molar-refractivity contribution is -0.192. The molecule has 0 aliphatic carbocycles. The first-order valence-electron chi connectivity index (χ1n) is 8.19. The van der Waals surface area contributed by atoms with Crippen LogP contribution in [0.3, 0.4) is 0 Å². The second-order valence-corrected chi connectivity index (χ2v) is 7.28. The summed E-state index contributed by atoms with van der Waals surface area (Å²) in [4.78, 5) is 14.1. The maximum absolute atomic E-state index is 14.6. The number of fused-ring (bicyclic) bond motifs is 3. The highest BCUT2D eigenvalue weighted by Crippen LogP contribution is 2.39. The summed E-state index contributed by atoms with van der Waals surface area (Å²) in [5.41, 5.74) is 0.953. The Morgan fingerprint density at radius 1 is 1.26 bits per heavy atom. The van der Waals surface area contributed by atoms with E-state index in [-0.39, 0.29) is 21.3 Å². The lowest BCUT2D eigenvalue weighted by Gasteiger charge is -2.09. The van der Waals surface area contributed by atoms with Crippen molar-refractivity contribution in [1.82, 2.24) is 19.7 Å². The standard InChI is InChI=1S/C15H11F2N5OS.C2HF3O2/c1-5-9-11-10(6(16)3-7(23)12(11)17)13(19-14(9)21-20-5)8-4-22(2)15(18)24-8;3-2(4,5)1(6)7/h3-4,18,23H,1-2H3,(H,19,20,21);(H,6,7). The van der Waals surface area contributed by atoms with Gasteiger partial charge in [-0.15, -0.1) is 0 Å². The topological polar surface area (TPSA) is 128 Å². The van der Waals surface area contributed by atoms with Gasteiger partial charge in [-0.1, -0.05) is 11.3 Å². The van der Waals surface area contributed by atoms with Crippen LogP contribution >= 0.6 is 11.3 Å². The predicted octanol–water partition coefficient (Wildman–Crippen LogP) is 3.58. The minimum Gasteiger partial charge on any atom is -0.505 e. The van der Waals surface area contributed by atoms with Gasteiger partial charge in [0.2, 0.25) is 0 Å². The molecule has 4 N–H and O–H groups in total. The van der Waals surface area contributed by atoms with Gasteiger partial charge in [0, 0.05) is 30.1 Å². The minimum atomic E-state index is -5.08. The molecule has 0 atom stereocenters. The summed E-state index contributed by atoms with van der Waals surface area (Å²) in [7, 11) is 1.69. The average Bonchev–Trinajstić information content (AvgIpc) is 3.20. The van der Waals surface area contributed by atoms with Gasteiger partial charge in [-0.25, -0.2) is 18.6 Å². The van der Waals surface area contributed by atoms with Crippen LogP contribution in [0.4, 0.5) is 22.0 Å². The number of halogens is 5. The molecule has 1 aromatic carbocycles. The van der Waals surface area contributed by atoms with Crippen molar-refractivity contribution in [3.05, 3.63) is 34.4 Å². The third-order valence-corrected chi connectivity index (χ3v) is 5.15. The van der Waals surface area contributed by atoms with Crippen LogP contribution in [0.5, 0.6) is 5.75 Å². The predicted molar refractivity (Wildman–Crippen MR) is 99.5 cm³/mol. The van der Waals surface area contributed by atoms with Crippen LogP contribution in [0.2, 0.25) is 0 Å². The van der Waals surface area contributed by atoms with E-state index in [0.29, 0.717) is 21.6 Å². The number of rotatable bonds is 1. The summed E-state index contributed by atoms with van der Waals surface area (Å²) in [5, 5.41) is 31.6. The summed E-state index contributed by atoms with van der Waals surface area (Å²) in [6, 6.07) is 0.735. The van der Waals surface area contributed by atoms with Crippen molar-refractivity contribution in [2.75, 3.05) is 0 Å². The van der Waals surface area contributed by atoms with Crippen LogP contribution < -0.4 is 4.80 Å². The first-order chi connectivity index (χ1) is 14.3. The number of benzene rings is 1. The fourth-order valence-electron chi connectivity index (χ4n) is 2.77. The van der Waals surface area contributed by atoms with E-state index in [9.17, 15) is 27.1 Å². The summed E-state index contributed by atoms with van der Waals surface area (Å²) in [6.45, 7) is 1.65. The lowest BCUT2D eigenvalue weighted by Crippen LogP contribution is -2.21. The summed E-state index contributed by atoms with van der Waals surface area (Å²) in [5.74, 6) is -5.22. The van der Waals surface area contributed by atoms with Gasteiger partial charge in [-0.2, -0.15) is 18.3 Å². The molecule has 0 aliphatic heterocycles. The molecule has 4 rings (SSSR count). The Hall–Kier alpha value is -3.55. The van der Waals surface area contributed by atoms with Crippen molar-refractivity contribution in [3.8, 4) is 16.3 Å². The molecule has 0 radical (unpaired) electrons. The maximum Gasteiger partial charge on any atom is 0.490 e. The molecule has 0 saturated heterocycles. The summed E-state index contributed by atoms with van der Waals surface area (Å²) < 4.78 is 62.5. The number of nitrogens with one attached hydrogen (secondary N) is 2. The average molecular weight is 461 g/mol. The molecular formula is C17H12F5N5O3S. The maximum atomic E-state index is 14.6. The Kier molecular flexibility index (Phi) is 5.43. The van der Waals surface area contributed by atoms with Crippen molar-refractivity contribution in [2.45, 2.75) is 13.1 Å². The van der Waals surface area contributed by atoms with E-state index >= 15 is 0 Å². The number of aromatic nitrogens is 4. The normalized spacial score (nSPS) is 11.6. The van der Waals surface area contributed by atoms with Crippen LogP contribution in [-0.4, -0.2) is 42.1 Å². The van der Waals surface area contributed by atoms with Gasteiger partial charge in [-0.05, 0) is 6.92 Å². The highest BCUT2D eigenvalue weighted by molar-refractivity contribution is 7.12. The van der Waals surface area contributed by atoms with Gasteiger partial charge in [-0.3, -0.25) is 10.5 Å². The monoisotopic (exact) mass is 461 g/mol. The molecule has 8 nitrogen and oxygen atoms in total. The molecule has 0 unspecified atom stereocenters. The van der Waals surface area contributed by atoms with E-state index in [1.165, 1.54) is 0 Å². The molecule has 0 fully saturated rings. The molecule has 0 saturated carbocycles. The highest BCUT2D eigenvalue weighted by Gasteiger charge is 2.38. The van der Waals surface area contributed by atoms with Crippen molar-refractivity contribution < 1.29 is 37.0 Å². The second kappa shape index (κ2) is 7.61. The number of aliphatic carboxylic acids is 1. The number of alkyl halides is 3. The number of aromatic hydroxyl groups is 1. The SMILES string of the molecule is Cc1n[nH]c2nc(-c3cn(C)c(=N)s3)c3c(F)cc(O)c(F)c3c12.O=C(O)C(F)(F)F. The molecule has 0 aliphatic rings. The molecule has 3 aromatic heterocycles. The van der Waals surface area contributed by atoms with Gasteiger partial charge >= 0.3 is 12.1 Å². The number of hydrogen-bond donors (Lipinski definition) is 4. The van der Waals surface area contributed by atoms with Crippen LogP contribution in [0, 0.1) is 24.0 Å². The van der Waals surface area contributed by atoms with Crippen molar-refractivity contribution in [3.63, 3.8) is 0 Å². The van der Waals surface area contributed by atoms with Crippen LogP contribution in [-0.2, 0) is 11.8 Å². The molecule has 31 heavy (non-hydrogen) atoms. The zero-order chi connectivity index (χ0) is 23.2. The Bertz CT molecular complexity index is 1390. The number of thiazole rings is 1. The minimum absolute atomic E-state index is 0.0378. The van der Waals surface area contributed by atoms with E-state index < -0.39 is 29.5 Å². The van der Waals surface area contributed by atoms with Gasteiger partial charge in [0.05, 0.1) is 21.7 Å². The van der Waals surface area contributed by atoms with Gasteiger partial charge in [0.1, 0.15) is 5.82 Å². The van der Waals surface area contributed by atoms with Crippen molar-refractivity contribution in [2.24, 2.45) is 7.05 Å². The number of nitrogens with zero attached hydrogens (tertiary/aromatic N) is 3. The van der Waals surface area contributed by atoms with Crippen LogP contribution in [0.1, 0.15) is 5.69 Å². The Balaban J connectivity index is 0.000000339. The number of carboxylic acid groups (broad SMARTS) is 1. The fraction of sp³-hybridized carbons (Fsp3) is 0.176. The largest absolute Gasteiger partial charge is 0.505 e. The molecule has 0 amide bonds. The van der Waals surface area contributed by atoms with Gasteiger partial charge in [0.15, 0.2) is 22.0 Å². The number of hydrogen-bond acceptors (Lipinski definition) is 6. The number of pyridine rings is 1. The fourth-order valence-corrected chi connectivity index (χ4v) is 3.63. The van der Waals surface area contributed by atoms with E-state index in [2.05, 4.69) is 15.2 Å². The number of aryl methyl sites for hydroxylation is 2. The number of phenolic OH excluding ortho intramolecular Hbond substituents is 1. The lowest BCUT2D eigenvalue weighted by atomic mass is 10.0. The molecule has 0 spiro atoms. The van der Waals surface area contributed by atoms with E-state index in [1.54, 1.807) is 24.7 Å². The molecule has 164 valence electrons. The zero-order valence-corrected chi connectivity index (χ0v) is 16.4. The molecule has 0 bridgehead atoms. The van der Waals surface area contributed by atoms with E-state index in [0.717, 1.165) is 17.4 Å². The number of carbonyl (C=O) groups is 1. The smallest absolute Gasteiger partial charge is 0.490 e. The third kappa shape index (κ3) is 3.93. The Morgan fingerprint density at radius 3 is 2.39 bits per heavy atom. The number of H-pyrrole nitrogens is 1. The Morgan fingerprint density at radius 2 is 1.87 bits per heavy atom. The van der Waals surface area contributed by atoms with Crippen LogP contribution in [0.25, 0.3) is 32.4 Å².